The molecule has 0 radical (unpaired) electrons. The quantitative estimate of drug-likeness (QED) is 0.302. The topological polar surface area (TPSA) is 67.2 Å². The summed E-state index contributed by atoms with van der Waals surface area (Å²) in [5, 5.41) is 3.33. The number of nitrogens with two attached hydrogens (primary N) is 1. The minimum atomic E-state index is -0.162. The third-order valence-corrected chi connectivity index (χ3v) is 4.00. The van der Waals surface area contributed by atoms with Crippen molar-refractivity contribution in [3.63, 3.8) is 0 Å². The molecule has 1 amide bonds. The highest BCUT2D eigenvalue weighted by Crippen LogP contribution is 2.14. The van der Waals surface area contributed by atoms with E-state index in [1.165, 1.54) is 6.07 Å². The Bertz CT molecular complexity index is 658. The number of carbonyl (C=O) groups is 1. The summed E-state index contributed by atoms with van der Waals surface area (Å²) in [4.78, 5) is 11.4. The van der Waals surface area contributed by atoms with Crippen LogP contribution in [-0.4, -0.2) is 12.5 Å². The maximum atomic E-state index is 13.5. The lowest BCUT2D eigenvalue weighted by atomic mass is 10.0. The lowest BCUT2D eigenvalue weighted by Crippen LogP contribution is -2.35. The van der Waals surface area contributed by atoms with Crippen molar-refractivity contribution < 1.29 is 9.18 Å². The van der Waals surface area contributed by atoms with Crippen LogP contribution in [0.15, 0.2) is 48.5 Å². The van der Waals surface area contributed by atoms with Gasteiger partial charge in [-0.25, -0.2) is 10.2 Å². The van der Waals surface area contributed by atoms with E-state index in [9.17, 15) is 9.18 Å². The molecule has 4 N–H and O–H groups in total. The van der Waals surface area contributed by atoms with Gasteiger partial charge < -0.3 is 5.32 Å². The van der Waals surface area contributed by atoms with Gasteiger partial charge in [-0.1, -0.05) is 37.3 Å². The van der Waals surface area contributed by atoms with Crippen molar-refractivity contribution in [3.05, 3.63) is 65.5 Å². The van der Waals surface area contributed by atoms with Gasteiger partial charge in [-0.15, -0.1) is 0 Å². The Morgan fingerprint density at radius 2 is 1.88 bits per heavy atom. The molecule has 0 aromatic heterocycles. The Morgan fingerprint density at radius 3 is 2.54 bits per heavy atom. The first kappa shape index (κ1) is 17.9. The number of nitrogens with one attached hydrogen (secondary N) is 2. The van der Waals surface area contributed by atoms with Crippen LogP contribution in [-0.2, 0) is 17.6 Å². The molecule has 2 rings (SSSR count). The number of anilines is 1. The zero-order valence-electron chi connectivity index (χ0n) is 13.9. The number of carbonyl (C=O) groups excluding carboxylic acids is 1. The summed E-state index contributed by atoms with van der Waals surface area (Å²) < 4.78 is 13.5. The zero-order valence-corrected chi connectivity index (χ0v) is 13.9. The Morgan fingerprint density at radius 1 is 1.17 bits per heavy atom. The highest BCUT2D eigenvalue weighted by molar-refractivity contribution is 5.77. The summed E-state index contributed by atoms with van der Waals surface area (Å²) >= 11 is 0. The third kappa shape index (κ3) is 5.35. The monoisotopic (exact) mass is 329 g/mol. The van der Waals surface area contributed by atoms with Crippen LogP contribution in [0.1, 0.15) is 24.5 Å². The molecule has 1 atom stereocenters. The normalized spacial score (nSPS) is 11.8. The third-order valence-electron chi connectivity index (χ3n) is 4.00. The Kier molecular flexibility index (Phi) is 6.75. The number of hydrogen-bond acceptors (Lipinski definition) is 3. The molecule has 24 heavy (non-hydrogen) atoms. The largest absolute Gasteiger partial charge is 0.385 e. The molecule has 1 unspecified atom stereocenters. The summed E-state index contributed by atoms with van der Waals surface area (Å²) in [6.45, 7) is 2.62. The maximum Gasteiger partial charge on any atom is 0.237 e. The lowest BCUT2D eigenvalue weighted by Gasteiger charge is -2.11. The molecule has 0 saturated carbocycles. The van der Waals surface area contributed by atoms with E-state index in [-0.39, 0.29) is 17.6 Å². The fraction of sp³-hybridized carbons (Fsp3) is 0.316. The van der Waals surface area contributed by atoms with Gasteiger partial charge in [-0.05, 0) is 48.6 Å². The van der Waals surface area contributed by atoms with Crippen molar-refractivity contribution in [2.75, 3.05) is 11.9 Å². The second-order valence-corrected chi connectivity index (χ2v) is 5.93. The molecule has 0 bridgehead atoms. The van der Waals surface area contributed by atoms with Crippen molar-refractivity contribution in [2.24, 2.45) is 11.8 Å². The molecular formula is C19H24FN3O. The summed E-state index contributed by atoms with van der Waals surface area (Å²) in [6.07, 6.45) is 2.22. The molecule has 128 valence electrons. The smallest absolute Gasteiger partial charge is 0.237 e. The van der Waals surface area contributed by atoms with E-state index in [0.717, 1.165) is 29.8 Å². The molecule has 0 aliphatic heterocycles. The van der Waals surface area contributed by atoms with E-state index >= 15 is 0 Å². The molecule has 0 aliphatic carbocycles. The van der Waals surface area contributed by atoms with Crippen LogP contribution in [0.25, 0.3) is 0 Å². The molecule has 2 aromatic carbocycles. The van der Waals surface area contributed by atoms with E-state index in [0.29, 0.717) is 12.8 Å². The molecule has 5 heteroatoms. The second-order valence-electron chi connectivity index (χ2n) is 5.93. The highest BCUT2D eigenvalue weighted by Gasteiger charge is 2.11. The molecule has 0 fully saturated rings. The van der Waals surface area contributed by atoms with Gasteiger partial charge in [0.1, 0.15) is 5.82 Å². The number of hydrazine groups is 1. The van der Waals surface area contributed by atoms with Gasteiger partial charge in [-0.3, -0.25) is 10.2 Å². The van der Waals surface area contributed by atoms with Gasteiger partial charge in [0.25, 0.3) is 0 Å². The molecule has 0 heterocycles. The number of hydrogen-bond donors (Lipinski definition) is 3. The minimum Gasteiger partial charge on any atom is -0.385 e. The van der Waals surface area contributed by atoms with Gasteiger partial charge in [0.15, 0.2) is 0 Å². The van der Waals surface area contributed by atoms with Gasteiger partial charge in [0, 0.05) is 18.2 Å². The van der Waals surface area contributed by atoms with Crippen molar-refractivity contribution >= 4 is 11.6 Å². The first-order valence-electron chi connectivity index (χ1n) is 8.17. The lowest BCUT2D eigenvalue weighted by molar-refractivity contribution is -0.124. The van der Waals surface area contributed by atoms with Crippen LogP contribution in [0.4, 0.5) is 10.1 Å². The fourth-order valence-electron chi connectivity index (χ4n) is 2.56. The van der Waals surface area contributed by atoms with Crippen LogP contribution in [0.3, 0.4) is 0 Å². The van der Waals surface area contributed by atoms with E-state index in [4.69, 9.17) is 5.84 Å². The van der Waals surface area contributed by atoms with Gasteiger partial charge in [0.2, 0.25) is 5.91 Å². The van der Waals surface area contributed by atoms with Crippen LogP contribution >= 0.6 is 0 Å². The van der Waals surface area contributed by atoms with Gasteiger partial charge >= 0.3 is 0 Å². The standard InChI is InChI=1S/C19H24FN3O/c1-14(19(24)23-21)13-15-8-10-17(11-9-15)22-12-4-6-16-5-2-3-7-18(16)20/h2-3,5,7-11,14,22H,4,6,12-13,21H2,1H3,(H,23,24). The van der Waals surface area contributed by atoms with Crippen LogP contribution in [0.5, 0.6) is 0 Å². The minimum absolute atomic E-state index is 0.141. The first-order chi connectivity index (χ1) is 11.6. The van der Waals surface area contributed by atoms with Crippen LogP contribution < -0.4 is 16.6 Å². The molecule has 2 aromatic rings. The summed E-state index contributed by atoms with van der Waals surface area (Å²) in [7, 11) is 0. The van der Waals surface area contributed by atoms with Crippen molar-refractivity contribution in [2.45, 2.75) is 26.2 Å². The molecule has 0 aliphatic rings. The maximum absolute atomic E-state index is 13.5. The van der Waals surface area contributed by atoms with Crippen LogP contribution in [0, 0.1) is 11.7 Å². The first-order valence-corrected chi connectivity index (χ1v) is 8.17. The van der Waals surface area contributed by atoms with Crippen molar-refractivity contribution in [1.82, 2.24) is 5.43 Å². The fourth-order valence-corrected chi connectivity index (χ4v) is 2.56. The van der Waals surface area contributed by atoms with E-state index in [1.807, 2.05) is 43.3 Å². The van der Waals surface area contributed by atoms with E-state index in [1.54, 1.807) is 6.07 Å². The highest BCUT2D eigenvalue weighted by atomic mass is 19.1. The number of benzene rings is 2. The SMILES string of the molecule is CC(Cc1ccc(NCCCc2ccccc2F)cc1)C(=O)NN. The Balaban J connectivity index is 1.76. The predicted molar refractivity (Wildman–Crippen MR) is 94.9 cm³/mol. The molecular weight excluding hydrogens is 305 g/mol. The number of amides is 1. The second kappa shape index (κ2) is 9.03. The molecule has 4 nitrogen and oxygen atoms in total. The molecule has 0 spiro atoms. The van der Waals surface area contributed by atoms with Crippen molar-refractivity contribution in [1.29, 1.82) is 0 Å². The summed E-state index contributed by atoms with van der Waals surface area (Å²) in [5.41, 5.74) is 5.02. The van der Waals surface area contributed by atoms with Crippen molar-refractivity contribution in [3.8, 4) is 0 Å². The summed E-state index contributed by atoms with van der Waals surface area (Å²) in [6, 6.07) is 14.9. The molecule has 0 saturated heterocycles. The number of aryl methyl sites for hydroxylation is 1. The average Bonchev–Trinajstić information content (AvgIpc) is 2.60. The predicted octanol–water partition coefficient (Wildman–Crippen LogP) is 3.04. The zero-order chi connectivity index (χ0) is 17.4. The number of rotatable bonds is 8. The number of halogens is 1. The Hall–Kier alpha value is -2.40. The average molecular weight is 329 g/mol. The van der Waals surface area contributed by atoms with Gasteiger partial charge in [0.05, 0.1) is 0 Å². The summed E-state index contributed by atoms with van der Waals surface area (Å²) in [5.74, 6) is 4.68. The van der Waals surface area contributed by atoms with Gasteiger partial charge in [-0.2, -0.15) is 0 Å². The van der Waals surface area contributed by atoms with E-state index < -0.39 is 0 Å². The van der Waals surface area contributed by atoms with Crippen LogP contribution in [0.2, 0.25) is 0 Å². The Labute approximate surface area is 142 Å². The van der Waals surface area contributed by atoms with E-state index in [2.05, 4.69) is 10.7 Å².